The van der Waals surface area contributed by atoms with Gasteiger partial charge < -0.3 is 10.4 Å². The van der Waals surface area contributed by atoms with Crippen LogP contribution in [-0.4, -0.2) is 23.8 Å². The number of aliphatic hydroxyl groups excluding tert-OH is 1. The minimum absolute atomic E-state index is 0.383. The van der Waals surface area contributed by atoms with Crippen LogP contribution in [0.15, 0.2) is 0 Å². The largest absolute Gasteiger partial charge is 0.396 e. The number of rotatable bonds is 5. The molecule has 0 amide bonds. The highest BCUT2D eigenvalue weighted by Gasteiger charge is 2.22. The lowest BCUT2D eigenvalue weighted by molar-refractivity contribution is 0.168. The molecule has 90 valence electrons. The maximum Gasteiger partial charge on any atom is 0.0459 e. The van der Waals surface area contributed by atoms with Crippen molar-refractivity contribution in [3.63, 3.8) is 0 Å². The van der Waals surface area contributed by atoms with E-state index in [9.17, 15) is 0 Å². The molecule has 2 unspecified atom stereocenters. The van der Waals surface area contributed by atoms with E-state index in [1.54, 1.807) is 0 Å². The van der Waals surface area contributed by atoms with Gasteiger partial charge in [0.1, 0.15) is 0 Å². The fourth-order valence-corrected chi connectivity index (χ4v) is 2.40. The van der Waals surface area contributed by atoms with E-state index < -0.39 is 0 Å². The van der Waals surface area contributed by atoms with Gasteiger partial charge in [0.05, 0.1) is 0 Å². The molecule has 0 radical (unpaired) electrons. The molecule has 0 aromatic carbocycles. The molecular formula is C13H27NO. The van der Waals surface area contributed by atoms with Crippen LogP contribution in [0.5, 0.6) is 0 Å². The third-order valence-corrected chi connectivity index (χ3v) is 4.10. The van der Waals surface area contributed by atoms with Crippen molar-refractivity contribution >= 4 is 0 Å². The van der Waals surface area contributed by atoms with E-state index in [1.165, 1.54) is 32.1 Å². The van der Waals surface area contributed by atoms with Gasteiger partial charge in [-0.25, -0.2) is 0 Å². The minimum atomic E-state index is 0.383. The zero-order valence-electron chi connectivity index (χ0n) is 10.5. The Balaban J connectivity index is 2.23. The van der Waals surface area contributed by atoms with Crippen LogP contribution in [0, 0.1) is 11.8 Å². The van der Waals surface area contributed by atoms with Crippen LogP contribution in [0.1, 0.15) is 52.9 Å². The van der Waals surface area contributed by atoms with Crippen LogP contribution < -0.4 is 5.32 Å². The molecule has 2 N–H and O–H groups in total. The smallest absolute Gasteiger partial charge is 0.0459 e. The molecule has 1 fully saturated rings. The van der Waals surface area contributed by atoms with Gasteiger partial charge in [-0.3, -0.25) is 0 Å². The lowest BCUT2D eigenvalue weighted by Crippen LogP contribution is -2.42. The second-order valence-electron chi connectivity index (χ2n) is 5.24. The van der Waals surface area contributed by atoms with E-state index >= 15 is 0 Å². The average Bonchev–Trinajstić information content (AvgIpc) is 2.29. The van der Waals surface area contributed by atoms with E-state index in [0.717, 1.165) is 5.92 Å². The van der Waals surface area contributed by atoms with Crippen molar-refractivity contribution in [1.29, 1.82) is 0 Å². The summed E-state index contributed by atoms with van der Waals surface area (Å²) in [6.07, 6.45) is 6.13. The molecule has 0 bridgehead atoms. The molecular weight excluding hydrogens is 186 g/mol. The molecule has 0 aromatic heterocycles. The van der Waals surface area contributed by atoms with Crippen LogP contribution in [-0.2, 0) is 0 Å². The first-order valence-corrected chi connectivity index (χ1v) is 6.54. The molecule has 2 heteroatoms. The normalized spacial score (nSPS) is 31.2. The molecule has 2 atom stereocenters. The van der Waals surface area contributed by atoms with Gasteiger partial charge in [0, 0.05) is 18.7 Å². The summed E-state index contributed by atoms with van der Waals surface area (Å²) in [5.74, 6) is 1.34. The first-order chi connectivity index (χ1) is 7.17. The van der Waals surface area contributed by atoms with Crippen LogP contribution >= 0.6 is 0 Å². The lowest BCUT2D eigenvalue weighted by atomic mass is 9.85. The number of nitrogens with one attached hydrogen (secondary N) is 1. The van der Waals surface area contributed by atoms with Crippen LogP contribution in [0.3, 0.4) is 0 Å². The Labute approximate surface area is 94.5 Å². The zero-order valence-corrected chi connectivity index (χ0v) is 10.5. The molecule has 1 rings (SSSR count). The van der Waals surface area contributed by atoms with Gasteiger partial charge in [-0.1, -0.05) is 20.3 Å². The number of hydrogen-bond acceptors (Lipinski definition) is 2. The van der Waals surface area contributed by atoms with Crippen molar-refractivity contribution in [1.82, 2.24) is 5.32 Å². The first kappa shape index (κ1) is 13.0. The molecule has 0 aromatic rings. The molecule has 0 saturated heterocycles. The fourth-order valence-electron chi connectivity index (χ4n) is 2.40. The highest BCUT2D eigenvalue weighted by Crippen LogP contribution is 2.24. The molecule has 1 saturated carbocycles. The summed E-state index contributed by atoms with van der Waals surface area (Å²) >= 11 is 0. The summed E-state index contributed by atoms with van der Waals surface area (Å²) in [5.41, 5.74) is 0. The third-order valence-electron chi connectivity index (χ3n) is 4.10. The molecule has 15 heavy (non-hydrogen) atoms. The Morgan fingerprint density at radius 3 is 2.27 bits per heavy atom. The Morgan fingerprint density at radius 1 is 1.20 bits per heavy atom. The molecule has 2 nitrogen and oxygen atoms in total. The molecule has 1 aliphatic rings. The highest BCUT2D eigenvalue weighted by atomic mass is 16.3. The van der Waals surface area contributed by atoms with E-state index in [2.05, 4.69) is 26.1 Å². The second-order valence-corrected chi connectivity index (χ2v) is 5.24. The average molecular weight is 213 g/mol. The van der Waals surface area contributed by atoms with Gasteiger partial charge in [0.25, 0.3) is 0 Å². The van der Waals surface area contributed by atoms with Gasteiger partial charge in [-0.2, -0.15) is 0 Å². The van der Waals surface area contributed by atoms with E-state index in [0.29, 0.717) is 24.6 Å². The van der Waals surface area contributed by atoms with E-state index in [-0.39, 0.29) is 0 Å². The van der Waals surface area contributed by atoms with Gasteiger partial charge in [0.15, 0.2) is 0 Å². The van der Waals surface area contributed by atoms with Crippen molar-refractivity contribution in [2.24, 2.45) is 11.8 Å². The Bertz CT molecular complexity index is 164. The van der Waals surface area contributed by atoms with Gasteiger partial charge in [0.2, 0.25) is 0 Å². The topological polar surface area (TPSA) is 32.3 Å². The predicted molar refractivity (Wildman–Crippen MR) is 64.9 cm³/mol. The van der Waals surface area contributed by atoms with Crippen molar-refractivity contribution in [2.75, 3.05) is 6.61 Å². The first-order valence-electron chi connectivity index (χ1n) is 6.54. The monoisotopic (exact) mass is 213 g/mol. The van der Waals surface area contributed by atoms with E-state index in [4.69, 9.17) is 5.11 Å². The number of hydrogen-bond donors (Lipinski definition) is 2. The Kier molecular flexibility index (Phi) is 5.62. The Morgan fingerprint density at radius 2 is 1.80 bits per heavy atom. The summed E-state index contributed by atoms with van der Waals surface area (Å²) in [4.78, 5) is 0. The quantitative estimate of drug-likeness (QED) is 0.735. The standard InChI is InChI=1S/C13H27NO/c1-4-10(2)11(3)14-13-7-5-12(9-15)6-8-13/h10-15H,4-9H2,1-3H3. The lowest BCUT2D eigenvalue weighted by Gasteiger charge is -2.32. The van der Waals surface area contributed by atoms with Gasteiger partial charge in [-0.05, 0) is 44.4 Å². The van der Waals surface area contributed by atoms with Gasteiger partial charge >= 0.3 is 0 Å². The van der Waals surface area contributed by atoms with Gasteiger partial charge in [-0.15, -0.1) is 0 Å². The second kappa shape index (κ2) is 6.49. The third kappa shape index (κ3) is 4.12. The fraction of sp³-hybridized carbons (Fsp3) is 1.00. The van der Waals surface area contributed by atoms with Crippen molar-refractivity contribution in [3.05, 3.63) is 0 Å². The minimum Gasteiger partial charge on any atom is -0.396 e. The molecule has 0 aliphatic heterocycles. The van der Waals surface area contributed by atoms with Crippen molar-refractivity contribution in [2.45, 2.75) is 65.0 Å². The predicted octanol–water partition coefficient (Wildman–Crippen LogP) is 2.56. The molecule has 0 heterocycles. The zero-order chi connectivity index (χ0) is 11.3. The summed E-state index contributed by atoms with van der Waals surface area (Å²) in [6, 6.07) is 1.32. The van der Waals surface area contributed by atoms with Crippen LogP contribution in [0.4, 0.5) is 0 Å². The van der Waals surface area contributed by atoms with Crippen LogP contribution in [0.25, 0.3) is 0 Å². The van der Waals surface area contributed by atoms with Crippen LogP contribution in [0.2, 0.25) is 0 Å². The SMILES string of the molecule is CCC(C)C(C)NC1CCC(CO)CC1. The molecule has 1 aliphatic carbocycles. The summed E-state index contributed by atoms with van der Waals surface area (Å²) in [6.45, 7) is 7.25. The maximum atomic E-state index is 9.07. The number of aliphatic hydroxyl groups is 1. The Hall–Kier alpha value is -0.0800. The summed E-state index contributed by atoms with van der Waals surface area (Å²) < 4.78 is 0. The van der Waals surface area contributed by atoms with Crippen molar-refractivity contribution < 1.29 is 5.11 Å². The molecule has 0 spiro atoms. The maximum absolute atomic E-state index is 9.07. The highest BCUT2D eigenvalue weighted by molar-refractivity contribution is 4.80. The van der Waals surface area contributed by atoms with Crippen molar-refractivity contribution in [3.8, 4) is 0 Å². The summed E-state index contributed by atoms with van der Waals surface area (Å²) in [5, 5.41) is 12.8. The summed E-state index contributed by atoms with van der Waals surface area (Å²) in [7, 11) is 0. The van der Waals surface area contributed by atoms with E-state index in [1.807, 2.05) is 0 Å².